The Hall–Kier alpha value is -2.37. The van der Waals surface area contributed by atoms with Crippen LogP contribution in [-0.4, -0.2) is 42.9 Å². The molecule has 2 aliphatic rings. The van der Waals surface area contributed by atoms with Gasteiger partial charge in [-0.2, -0.15) is 0 Å². The number of carbonyl (C=O) groups excluding carboxylic acids is 2. The van der Waals surface area contributed by atoms with E-state index in [-0.39, 0.29) is 42.6 Å². The molecule has 0 saturated carbocycles. The number of hydrogen-bond donors (Lipinski definition) is 1. The number of piperazine rings is 1. The number of halogens is 1. The van der Waals surface area contributed by atoms with Gasteiger partial charge in [0.05, 0.1) is 12.0 Å². The van der Waals surface area contributed by atoms with Gasteiger partial charge in [-0.1, -0.05) is 48.5 Å². The number of hydrogen-bond acceptors (Lipinski definition) is 3. The minimum Gasteiger partial charge on any atom is -0.340 e. The van der Waals surface area contributed by atoms with Gasteiger partial charge >= 0.3 is 0 Å². The molecule has 2 saturated heterocycles. The molecule has 2 aliphatic heterocycles. The van der Waals surface area contributed by atoms with Gasteiger partial charge in [-0.15, -0.1) is 12.4 Å². The normalized spacial score (nSPS) is 22.4. The summed E-state index contributed by atoms with van der Waals surface area (Å²) in [6.45, 7) is 3.03. The predicted molar refractivity (Wildman–Crippen MR) is 108 cm³/mol. The number of benzene rings is 2. The van der Waals surface area contributed by atoms with Crippen LogP contribution in [0.2, 0.25) is 0 Å². The maximum absolute atomic E-state index is 13.2. The fraction of sp³-hybridized carbons (Fsp3) is 0.333. The van der Waals surface area contributed by atoms with Gasteiger partial charge in [-0.3, -0.25) is 9.59 Å². The molecule has 2 aromatic rings. The first-order chi connectivity index (χ1) is 12.8. The van der Waals surface area contributed by atoms with Gasteiger partial charge < -0.3 is 15.1 Å². The second-order valence-corrected chi connectivity index (χ2v) is 6.84. The van der Waals surface area contributed by atoms with E-state index in [0.717, 1.165) is 24.3 Å². The lowest BCUT2D eigenvalue weighted by molar-refractivity contribution is -0.137. The first kappa shape index (κ1) is 19.4. The second kappa shape index (κ2) is 8.55. The zero-order chi connectivity index (χ0) is 17.9. The third-order valence-corrected chi connectivity index (χ3v) is 5.24. The van der Waals surface area contributed by atoms with Crippen LogP contribution in [0.1, 0.15) is 18.0 Å². The van der Waals surface area contributed by atoms with E-state index in [1.54, 1.807) is 4.90 Å². The summed E-state index contributed by atoms with van der Waals surface area (Å²) < 4.78 is 0. The monoisotopic (exact) mass is 385 g/mol. The van der Waals surface area contributed by atoms with Gasteiger partial charge in [0, 0.05) is 38.3 Å². The van der Waals surface area contributed by atoms with Gasteiger partial charge in [-0.05, 0) is 17.7 Å². The third-order valence-electron chi connectivity index (χ3n) is 5.24. The van der Waals surface area contributed by atoms with Crippen molar-refractivity contribution in [3.8, 4) is 0 Å². The molecule has 2 atom stereocenters. The van der Waals surface area contributed by atoms with E-state index in [4.69, 9.17) is 0 Å². The first-order valence-electron chi connectivity index (χ1n) is 9.17. The largest absolute Gasteiger partial charge is 0.340 e. The van der Waals surface area contributed by atoms with E-state index in [1.807, 2.05) is 65.6 Å². The van der Waals surface area contributed by atoms with Gasteiger partial charge in [0.2, 0.25) is 11.8 Å². The van der Waals surface area contributed by atoms with Crippen molar-refractivity contribution < 1.29 is 9.59 Å². The summed E-state index contributed by atoms with van der Waals surface area (Å²) in [5.41, 5.74) is 1.86. The summed E-state index contributed by atoms with van der Waals surface area (Å²) in [7, 11) is 0. The Morgan fingerprint density at radius 2 is 1.52 bits per heavy atom. The summed E-state index contributed by atoms with van der Waals surface area (Å²) in [4.78, 5) is 29.8. The Labute approximate surface area is 165 Å². The van der Waals surface area contributed by atoms with Crippen molar-refractivity contribution >= 4 is 29.9 Å². The lowest BCUT2D eigenvalue weighted by atomic mass is 9.92. The van der Waals surface area contributed by atoms with Crippen molar-refractivity contribution in [2.24, 2.45) is 5.92 Å². The third kappa shape index (κ3) is 3.84. The van der Waals surface area contributed by atoms with Gasteiger partial charge in [-0.25, -0.2) is 0 Å². The smallest absolute Gasteiger partial charge is 0.228 e. The lowest BCUT2D eigenvalue weighted by Crippen LogP contribution is -2.49. The van der Waals surface area contributed by atoms with E-state index in [2.05, 4.69) is 5.32 Å². The molecule has 27 heavy (non-hydrogen) atoms. The summed E-state index contributed by atoms with van der Waals surface area (Å²) in [6, 6.07) is 19.3. The van der Waals surface area contributed by atoms with E-state index in [9.17, 15) is 9.59 Å². The van der Waals surface area contributed by atoms with Crippen molar-refractivity contribution in [2.75, 3.05) is 31.1 Å². The molecule has 5 nitrogen and oxygen atoms in total. The maximum Gasteiger partial charge on any atom is 0.228 e. The van der Waals surface area contributed by atoms with Gasteiger partial charge in [0.25, 0.3) is 0 Å². The summed E-state index contributed by atoms with van der Waals surface area (Å²) in [5, 5.41) is 3.28. The molecular weight excluding hydrogens is 362 g/mol. The Kier molecular flexibility index (Phi) is 6.14. The molecule has 2 heterocycles. The van der Waals surface area contributed by atoms with Crippen LogP contribution >= 0.6 is 12.4 Å². The Morgan fingerprint density at radius 3 is 2.15 bits per heavy atom. The van der Waals surface area contributed by atoms with Crippen molar-refractivity contribution in [2.45, 2.75) is 12.5 Å². The van der Waals surface area contributed by atoms with Crippen molar-refractivity contribution in [1.29, 1.82) is 0 Å². The average Bonchev–Trinajstić information content (AvgIpc) is 3.06. The molecule has 2 amide bonds. The minimum absolute atomic E-state index is 0. The van der Waals surface area contributed by atoms with Crippen LogP contribution in [-0.2, 0) is 9.59 Å². The highest BCUT2D eigenvalue weighted by Crippen LogP contribution is 2.42. The molecule has 2 fully saturated rings. The quantitative estimate of drug-likeness (QED) is 0.883. The summed E-state index contributed by atoms with van der Waals surface area (Å²) in [6.07, 6.45) is 0.261. The first-order valence-corrected chi connectivity index (χ1v) is 9.17. The van der Waals surface area contributed by atoms with Crippen LogP contribution in [0.25, 0.3) is 0 Å². The van der Waals surface area contributed by atoms with Crippen molar-refractivity contribution in [3.63, 3.8) is 0 Å². The zero-order valence-electron chi connectivity index (χ0n) is 15.1. The SMILES string of the molecule is Cl.O=C(C1CC(=O)N(c2ccccc2)C1c1ccccc1)N1CCNCC1. The molecule has 2 unspecified atom stereocenters. The molecule has 0 radical (unpaired) electrons. The highest BCUT2D eigenvalue weighted by Gasteiger charge is 2.46. The molecule has 142 valence electrons. The fourth-order valence-electron chi connectivity index (χ4n) is 4.00. The topological polar surface area (TPSA) is 52.7 Å². The average molecular weight is 386 g/mol. The number of para-hydroxylation sites is 1. The predicted octanol–water partition coefficient (Wildman–Crippen LogP) is 2.63. The van der Waals surface area contributed by atoms with E-state index in [0.29, 0.717) is 13.1 Å². The lowest BCUT2D eigenvalue weighted by Gasteiger charge is -2.33. The molecule has 4 rings (SSSR count). The zero-order valence-corrected chi connectivity index (χ0v) is 15.9. The maximum atomic E-state index is 13.2. The molecule has 6 heteroatoms. The molecule has 1 N–H and O–H groups in total. The van der Waals surface area contributed by atoms with Crippen molar-refractivity contribution in [3.05, 3.63) is 66.2 Å². The van der Waals surface area contributed by atoms with Crippen LogP contribution in [0, 0.1) is 5.92 Å². The highest BCUT2D eigenvalue weighted by atomic mass is 35.5. The summed E-state index contributed by atoms with van der Waals surface area (Å²) in [5.74, 6) is -0.242. The van der Waals surface area contributed by atoms with Gasteiger partial charge in [0.15, 0.2) is 0 Å². The minimum atomic E-state index is -0.344. The summed E-state index contributed by atoms with van der Waals surface area (Å²) >= 11 is 0. The second-order valence-electron chi connectivity index (χ2n) is 6.84. The number of nitrogens with zero attached hydrogens (tertiary/aromatic N) is 2. The van der Waals surface area contributed by atoms with E-state index >= 15 is 0 Å². The Balaban J connectivity index is 0.00000210. The Morgan fingerprint density at radius 1 is 0.926 bits per heavy atom. The standard InChI is InChI=1S/C21H23N3O2.ClH/c25-19-15-18(21(26)23-13-11-22-12-14-23)20(16-7-3-1-4-8-16)24(19)17-9-5-2-6-10-17;/h1-10,18,20,22H,11-15H2;1H. The van der Waals surface area contributed by atoms with Gasteiger partial charge in [0.1, 0.15) is 0 Å². The number of nitrogens with one attached hydrogen (secondary N) is 1. The molecule has 0 bridgehead atoms. The van der Waals surface area contributed by atoms with Crippen LogP contribution in [0.15, 0.2) is 60.7 Å². The van der Waals surface area contributed by atoms with Crippen molar-refractivity contribution in [1.82, 2.24) is 10.2 Å². The highest BCUT2D eigenvalue weighted by molar-refractivity contribution is 6.01. The molecule has 2 aromatic carbocycles. The van der Waals surface area contributed by atoms with Crippen LogP contribution < -0.4 is 10.2 Å². The molecule has 0 aromatic heterocycles. The number of rotatable bonds is 3. The number of anilines is 1. The number of amides is 2. The molecule has 0 aliphatic carbocycles. The molecular formula is C21H24ClN3O2. The number of carbonyl (C=O) groups is 2. The van der Waals surface area contributed by atoms with E-state index < -0.39 is 0 Å². The van der Waals surface area contributed by atoms with E-state index in [1.165, 1.54) is 0 Å². The Bertz CT molecular complexity index is 779. The van der Waals surface area contributed by atoms with Crippen LogP contribution in [0.3, 0.4) is 0 Å². The van der Waals surface area contributed by atoms with Crippen LogP contribution in [0.4, 0.5) is 5.69 Å². The molecule has 0 spiro atoms. The fourth-order valence-corrected chi connectivity index (χ4v) is 4.00. The van der Waals surface area contributed by atoms with Crippen LogP contribution in [0.5, 0.6) is 0 Å².